The second-order valence-electron chi connectivity index (χ2n) is 4.09. The van der Waals surface area contributed by atoms with E-state index in [4.69, 9.17) is 11.6 Å². The number of hydrogen-bond donors (Lipinski definition) is 0. The summed E-state index contributed by atoms with van der Waals surface area (Å²) in [5.41, 5.74) is 1.43. The third-order valence-corrected chi connectivity index (χ3v) is 4.17. The van der Waals surface area contributed by atoms with Crippen molar-refractivity contribution >= 4 is 22.9 Å². The van der Waals surface area contributed by atoms with Gasteiger partial charge >= 0.3 is 0 Å². The van der Waals surface area contributed by atoms with Gasteiger partial charge in [0.25, 0.3) is 0 Å². The summed E-state index contributed by atoms with van der Waals surface area (Å²) >= 11 is 7.77. The number of alkyl halides is 1. The van der Waals surface area contributed by atoms with Crippen molar-refractivity contribution in [1.29, 1.82) is 0 Å². The van der Waals surface area contributed by atoms with E-state index in [1.165, 1.54) is 18.5 Å². The average Bonchev–Trinajstić information content (AvgIpc) is 2.77. The lowest BCUT2D eigenvalue weighted by atomic mass is 10.1. The van der Waals surface area contributed by atoms with Crippen LogP contribution < -0.4 is 0 Å². The standard InChI is InChI=1S/C11H16ClNS/c1-9-2-4-13(11(9)6-12)7-10-3-5-14-8-10/h3,5,8-9,11H,2,4,6-7H2,1H3. The smallest absolute Gasteiger partial charge is 0.0382 e. The van der Waals surface area contributed by atoms with E-state index in [9.17, 15) is 0 Å². The van der Waals surface area contributed by atoms with Crippen LogP contribution in [0.25, 0.3) is 0 Å². The molecule has 0 amide bonds. The molecule has 0 radical (unpaired) electrons. The van der Waals surface area contributed by atoms with Gasteiger partial charge in [-0.3, -0.25) is 4.90 Å². The Labute approximate surface area is 94.7 Å². The molecule has 1 saturated heterocycles. The van der Waals surface area contributed by atoms with Gasteiger partial charge < -0.3 is 0 Å². The molecule has 0 aromatic carbocycles. The predicted molar refractivity (Wildman–Crippen MR) is 63.0 cm³/mol. The van der Waals surface area contributed by atoms with E-state index >= 15 is 0 Å². The molecular formula is C11H16ClNS. The molecule has 0 spiro atoms. The van der Waals surface area contributed by atoms with Crippen LogP contribution in [0, 0.1) is 5.92 Å². The first kappa shape index (κ1) is 10.5. The van der Waals surface area contributed by atoms with E-state index < -0.39 is 0 Å². The molecule has 0 saturated carbocycles. The van der Waals surface area contributed by atoms with Gasteiger partial charge in [-0.25, -0.2) is 0 Å². The van der Waals surface area contributed by atoms with Crippen molar-refractivity contribution in [2.24, 2.45) is 5.92 Å². The highest BCUT2D eigenvalue weighted by Gasteiger charge is 2.29. The molecule has 2 rings (SSSR count). The number of likely N-dealkylation sites (tertiary alicyclic amines) is 1. The molecule has 0 aliphatic carbocycles. The van der Waals surface area contributed by atoms with Crippen LogP contribution in [0.15, 0.2) is 16.8 Å². The van der Waals surface area contributed by atoms with Gasteiger partial charge in [0.05, 0.1) is 0 Å². The third kappa shape index (κ3) is 2.13. The zero-order valence-corrected chi connectivity index (χ0v) is 10.0. The summed E-state index contributed by atoms with van der Waals surface area (Å²) in [6, 6.07) is 2.79. The second kappa shape index (κ2) is 4.65. The quantitative estimate of drug-likeness (QED) is 0.720. The Morgan fingerprint density at radius 2 is 2.50 bits per heavy atom. The first-order valence-electron chi connectivity index (χ1n) is 5.12. The summed E-state index contributed by atoms with van der Waals surface area (Å²) in [5.74, 6) is 1.52. The molecule has 1 fully saturated rings. The SMILES string of the molecule is CC1CCN(Cc2ccsc2)C1CCl. The van der Waals surface area contributed by atoms with Gasteiger partial charge in [0.1, 0.15) is 0 Å². The van der Waals surface area contributed by atoms with Gasteiger partial charge in [-0.2, -0.15) is 11.3 Å². The first-order valence-corrected chi connectivity index (χ1v) is 6.60. The van der Waals surface area contributed by atoms with Crippen LogP contribution in [-0.4, -0.2) is 23.4 Å². The molecule has 3 heteroatoms. The minimum Gasteiger partial charge on any atom is -0.295 e. The van der Waals surface area contributed by atoms with Crippen molar-refractivity contribution in [2.45, 2.75) is 25.9 Å². The van der Waals surface area contributed by atoms with Gasteiger partial charge in [-0.05, 0) is 41.3 Å². The zero-order valence-electron chi connectivity index (χ0n) is 8.45. The molecule has 1 nitrogen and oxygen atoms in total. The lowest BCUT2D eigenvalue weighted by Crippen LogP contribution is -2.32. The lowest BCUT2D eigenvalue weighted by Gasteiger charge is -2.24. The van der Waals surface area contributed by atoms with Crippen molar-refractivity contribution in [3.63, 3.8) is 0 Å². The van der Waals surface area contributed by atoms with Crippen molar-refractivity contribution in [3.8, 4) is 0 Å². The van der Waals surface area contributed by atoms with Gasteiger partial charge in [0.2, 0.25) is 0 Å². The van der Waals surface area contributed by atoms with Gasteiger partial charge in [0, 0.05) is 18.5 Å². The Hall–Kier alpha value is -0.0500. The predicted octanol–water partition coefficient (Wildman–Crippen LogP) is 3.20. The van der Waals surface area contributed by atoms with Crippen molar-refractivity contribution in [1.82, 2.24) is 4.90 Å². The molecule has 1 aliphatic heterocycles. The maximum Gasteiger partial charge on any atom is 0.0382 e. The van der Waals surface area contributed by atoms with E-state index in [-0.39, 0.29) is 0 Å². The normalized spacial score (nSPS) is 28.4. The highest BCUT2D eigenvalue weighted by atomic mass is 35.5. The number of thiophene rings is 1. The average molecular weight is 230 g/mol. The van der Waals surface area contributed by atoms with Crippen LogP contribution in [-0.2, 0) is 6.54 Å². The molecular weight excluding hydrogens is 214 g/mol. The van der Waals surface area contributed by atoms with E-state index in [2.05, 4.69) is 28.7 Å². The summed E-state index contributed by atoms with van der Waals surface area (Å²) in [5, 5.41) is 4.37. The Kier molecular flexibility index (Phi) is 3.47. The summed E-state index contributed by atoms with van der Waals surface area (Å²) in [6.45, 7) is 4.58. The second-order valence-corrected chi connectivity index (χ2v) is 5.18. The summed E-state index contributed by atoms with van der Waals surface area (Å²) < 4.78 is 0. The molecule has 14 heavy (non-hydrogen) atoms. The molecule has 2 atom stereocenters. The van der Waals surface area contributed by atoms with E-state index in [0.29, 0.717) is 6.04 Å². The van der Waals surface area contributed by atoms with Gasteiger partial charge in [-0.15, -0.1) is 11.6 Å². The first-order chi connectivity index (χ1) is 6.81. The van der Waals surface area contributed by atoms with Crippen molar-refractivity contribution in [3.05, 3.63) is 22.4 Å². The van der Waals surface area contributed by atoms with E-state index in [1.54, 1.807) is 11.3 Å². The van der Waals surface area contributed by atoms with Crippen molar-refractivity contribution in [2.75, 3.05) is 12.4 Å². The van der Waals surface area contributed by atoms with Crippen LogP contribution in [0.3, 0.4) is 0 Å². The van der Waals surface area contributed by atoms with Crippen LogP contribution in [0.4, 0.5) is 0 Å². The molecule has 1 aromatic rings. The minimum atomic E-state index is 0.580. The van der Waals surface area contributed by atoms with Crippen LogP contribution in [0.5, 0.6) is 0 Å². The highest BCUT2D eigenvalue weighted by molar-refractivity contribution is 7.07. The summed E-state index contributed by atoms with van der Waals surface area (Å²) in [4.78, 5) is 2.51. The fourth-order valence-corrected chi connectivity index (χ4v) is 3.31. The van der Waals surface area contributed by atoms with Crippen LogP contribution in [0.2, 0.25) is 0 Å². The van der Waals surface area contributed by atoms with Crippen molar-refractivity contribution < 1.29 is 0 Å². The molecule has 1 aromatic heterocycles. The van der Waals surface area contributed by atoms with Crippen LogP contribution >= 0.6 is 22.9 Å². The maximum absolute atomic E-state index is 6.00. The van der Waals surface area contributed by atoms with Crippen LogP contribution in [0.1, 0.15) is 18.9 Å². The fraction of sp³-hybridized carbons (Fsp3) is 0.636. The Morgan fingerprint density at radius 1 is 1.64 bits per heavy atom. The molecule has 2 heterocycles. The molecule has 0 N–H and O–H groups in total. The highest BCUT2D eigenvalue weighted by Crippen LogP contribution is 2.26. The largest absolute Gasteiger partial charge is 0.295 e. The monoisotopic (exact) mass is 229 g/mol. The summed E-state index contributed by atoms with van der Waals surface area (Å²) in [7, 11) is 0. The number of hydrogen-bond acceptors (Lipinski definition) is 2. The number of halogens is 1. The number of nitrogens with zero attached hydrogens (tertiary/aromatic N) is 1. The zero-order chi connectivity index (χ0) is 9.97. The Balaban J connectivity index is 1.98. The molecule has 1 aliphatic rings. The summed E-state index contributed by atoms with van der Waals surface area (Å²) in [6.07, 6.45) is 1.29. The molecule has 2 unspecified atom stereocenters. The van der Waals surface area contributed by atoms with Gasteiger partial charge in [0.15, 0.2) is 0 Å². The fourth-order valence-electron chi connectivity index (χ4n) is 2.15. The van der Waals surface area contributed by atoms with E-state index in [1.807, 2.05) is 0 Å². The Morgan fingerprint density at radius 3 is 3.14 bits per heavy atom. The topological polar surface area (TPSA) is 3.24 Å². The maximum atomic E-state index is 6.00. The molecule has 78 valence electrons. The molecule has 0 bridgehead atoms. The lowest BCUT2D eigenvalue weighted by molar-refractivity contribution is 0.242. The third-order valence-electron chi connectivity index (χ3n) is 3.12. The minimum absolute atomic E-state index is 0.580. The Bertz CT molecular complexity index is 273. The van der Waals surface area contributed by atoms with E-state index in [0.717, 1.165) is 18.3 Å². The number of rotatable bonds is 3. The van der Waals surface area contributed by atoms with Gasteiger partial charge in [-0.1, -0.05) is 6.92 Å².